The number of hydrogen-bond donors (Lipinski definition) is 0. The molecule has 104 valence electrons. The summed E-state index contributed by atoms with van der Waals surface area (Å²) in [5.74, 6) is 0.886. The second kappa shape index (κ2) is 5.96. The molecule has 1 heteroatoms. The van der Waals surface area contributed by atoms with Gasteiger partial charge in [-0.3, -0.25) is 0 Å². The van der Waals surface area contributed by atoms with Gasteiger partial charge in [0.15, 0.2) is 0 Å². The standard InChI is InChI=1S/C19H22O/c1-19(2,3)17-11-7-15(8-12-17)5-6-16-9-13-18(20-4)14-10-16/h5-14H,1-4H3/b6-5-. The molecule has 0 aromatic heterocycles. The highest BCUT2D eigenvalue weighted by Crippen LogP contribution is 2.22. The van der Waals surface area contributed by atoms with Crippen LogP contribution in [0.25, 0.3) is 12.2 Å². The molecule has 0 aliphatic rings. The Kier molecular flexibility index (Phi) is 4.29. The third-order valence-corrected chi connectivity index (χ3v) is 3.36. The van der Waals surface area contributed by atoms with Crippen molar-refractivity contribution in [2.75, 3.05) is 7.11 Å². The molecule has 2 rings (SSSR count). The first-order valence-corrected chi connectivity index (χ1v) is 6.92. The summed E-state index contributed by atoms with van der Waals surface area (Å²) in [6.07, 6.45) is 4.25. The molecule has 2 aromatic carbocycles. The SMILES string of the molecule is COc1ccc(/C=C\c2ccc(C(C)(C)C)cc2)cc1. The van der Waals surface area contributed by atoms with E-state index in [-0.39, 0.29) is 5.41 Å². The number of methoxy groups -OCH3 is 1. The second-order valence-corrected chi connectivity index (χ2v) is 5.98. The Balaban J connectivity index is 2.10. The summed E-state index contributed by atoms with van der Waals surface area (Å²) in [5, 5.41) is 0. The van der Waals surface area contributed by atoms with Crippen molar-refractivity contribution in [3.05, 3.63) is 65.2 Å². The fourth-order valence-corrected chi connectivity index (χ4v) is 2.00. The van der Waals surface area contributed by atoms with Crippen molar-refractivity contribution < 1.29 is 4.74 Å². The first-order chi connectivity index (χ1) is 9.49. The highest BCUT2D eigenvalue weighted by atomic mass is 16.5. The van der Waals surface area contributed by atoms with E-state index in [0.29, 0.717) is 0 Å². The van der Waals surface area contributed by atoms with Gasteiger partial charge in [0, 0.05) is 0 Å². The number of ether oxygens (including phenoxy) is 1. The van der Waals surface area contributed by atoms with Crippen molar-refractivity contribution in [3.63, 3.8) is 0 Å². The minimum atomic E-state index is 0.207. The van der Waals surface area contributed by atoms with E-state index in [1.54, 1.807) is 7.11 Å². The molecular formula is C19H22O. The molecule has 0 spiro atoms. The molecular weight excluding hydrogens is 244 g/mol. The Morgan fingerprint density at radius 1 is 0.750 bits per heavy atom. The summed E-state index contributed by atoms with van der Waals surface area (Å²) >= 11 is 0. The molecule has 0 saturated heterocycles. The molecule has 0 fully saturated rings. The van der Waals surface area contributed by atoms with E-state index in [0.717, 1.165) is 5.75 Å². The lowest BCUT2D eigenvalue weighted by atomic mass is 9.87. The van der Waals surface area contributed by atoms with Crippen LogP contribution in [0.4, 0.5) is 0 Å². The van der Waals surface area contributed by atoms with Crippen LogP contribution in [0.3, 0.4) is 0 Å². The van der Waals surface area contributed by atoms with Gasteiger partial charge in [-0.05, 0) is 34.2 Å². The van der Waals surface area contributed by atoms with E-state index in [9.17, 15) is 0 Å². The monoisotopic (exact) mass is 266 g/mol. The van der Waals surface area contributed by atoms with Crippen LogP contribution in [0, 0.1) is 0 Å². The summed E-state index contributed by atoms with van der Waals surface area (Å²) in [7, 11) is 1.68. The minimum Gasteiger partial charge on any atom is -0.497 e. The molecule has 0 aliphatic carbocycles. The van der Waals surface area contributed by atoms with E-state index in [1.807, 2.05) is 12.1 Å². The van der Waals surface area contributed by atoms with Crippen molar-refractivity contribution in [2.45, 2.75) is 26.2 Å². The van der Waals surface area contributed by atoms with Gasteiger partial charge in [0.2, 0.25) is 0 Å². The maximum Gasteiger partial charge on any atom is 0.118 e. The Bertz CT molecular complexity index is 569. The van der Waals surface area contributed by atoms with Gasteiger partial charge in [-0.15, -0.1) is 0 Å². The summed E-state index contributed by atoms with van der Waals surface area (Å²) in [6.45, 7) is 6.69. The van der Waals surface area contributed by atoms with Gasteiger partial charge in [0.25, 0.3) is 0 Å². The lowest BCUT2D eigenvalue weighted by molar-refractivity contribution is 0.415. The van der Waals surface area contributed by atoms with Gasteiger partial charge in [-0.1, -0.05) is 69.3 Å². The largest absolute Gasteiger partial charge is 0.497 e. The molecule has 0 unspecified atom stereocenters. The molecule has 0 bridgehead atoms. The lowest BCUT2D eigenvalue weighted by Gasteiger charge is -2.18. The molecule has 0 radical (unpaired) electrons. The highest BCUT2D eigenvalue weighted by Gasteiger charge is 2.12. The fourth-order valence-electron chi connectivity index (χ4n) is 2.00. The summed E-state index contributed by atoms with van der Waals surface area (Å²) in [4.78, 5) is 0. The van der Waals surface area contributed by atoms with Crippen LogP contribution in [0.2, 0.25) is 0 Å². The van der Waals surface area contributed by atoms with Crippen molar-refractivity contribution in [3.8, 4) is 5.75 Å². The number of hydrogen-bond acceptors (Lipinski definition) is 1. The Morgan fingerprint density at radius 3 is 1.60 bits per heavy atom. The van der Waals surface area contributed by atoms with Crippen molar-refractivity contribution in [1.82, 2.24) is 0 Å². The first-order valence-electron chi connectivity index (χ1n) is 6.92. The average molecular weight is 266 g/mol. The Morgan fingerprint density at radius 2 is 1.20 bits per heavy atom. The molecule has 1 nitrogen and oxygen atoms in total. The molecule has 0 heterocycles. The van der Waals surface area contributed by atoms with E-state index < -0.39 is 0 Å². The molecule has 0 N–H and O–H groups in total. The van der Waals surface area contributed by atoms with Crippen LogP contribution in [0.1, 0.15) is 37.5 Å². The summed E-state index contributed by atoms with van der Waals surface area (Å²) < 4.78 is 5.15. The van der Waals surface area contributed by atoms with Crippen LogP contribution in [0.15, 0.2) is 48.5 Å². The number of rotatable bonds is 3. The first kappa shape index (κ1) is 14.4. The Labute approximate surface area is 121 Å². The van der Waals surface area contributed by atoms with Crippen molar-refractivity contribution >= 4 is 12.2 Å². The van der Waals surface area contributed by atoms with E-state index in [4.69, 9.17) is 4.74 Å². The third-order valence-electron chi connectivity index (χ3n) is 3.36. The van der Waals surface area contributed by atoms with E-state index in [2.05, 4.69) is 69.3 Å². The lowest BCUT2D eigenvalue weighted by Crippen LogP contribution is -2.10. The highest BCUT2D eigenvalue weighted by molar-refractivity contribution is 5.69. The molecule has 0 atom stereocenters. The predicted octanol–water partition coefficient (Wildman–Crippen LogP) is 5.16. The van der Waals surface area contributed by atoms with Crippen LogP contribution in [-0.4, -0.2) is 7.11 Å². The van der Waals surface area contributed by atoms with Crippen LogP contribution in [0.5, 0.6) is 5.75 Å². The minimum absolute atomic E-state index is 0.207. The quantitative estimate of drug-likeness (QED) is 0.697. The summed E-state index contributed by atoms with van der Waals surface area (Å²) in [6, 6.07) is 16.8. The zero-order chi connectivity index (χ0) is 14.6. The average Bonchev–Trinajstić information content (AvgIpc) is 2.45. The molecule has 0 amide bonds. The third kappa shape index (κ3) is 3.74. The zero-order valence-corrected chi connectivity index (χ0v) is 12.7. The zero-order valence-electron chi connectivity index (χ0n) is 12.7. The maximum atomic E-state index is 5.15. The van der Waals surface area contributed by atoms with Gasteiger partial charge in [-0.2, -0.15) is 0 Å². The normalized spacial score (nSPS) is 11.8. The van der Waals surface area contributed by atoms with E-state index in [1.165, 1.54) is 16.7 Å². The maximum absolute atomic E-state index is 5.15. The van der Waals surface area contributed by atoms with Gasteiger partial charge in [0.1, 0.15) is 5.75 Å². The predicted molar refractivity (Wildman–Crippen MR) is 87.1 cm³/mol. The molecule has 0 saturated carbocycles. The van der Waals surface area contributed by atoms with Gasteiger partial charge in [0.05, 0.1) is 7.11 Å². The van der Waals surface area contributed by atoms with E-state index >= 15 is 0 Å². The Hall–Kier alpha value is -2.02. The van der Waals surface area contributed by atoms with Gasteiger partial charge in [-0.25, -0.2) is 0 Å². The van der Waals surface area contributed by atoms with Crippen LogP contribution < -0.4 is 4.74 Å². The smallest absolute Gasteiger partial charge is 0.118 e. The molecule has 0 aliphatic heterocycles. The van der Waals surface area contributed by atoms with Gasteiger partial charge < -0.3 is 4.74 Å². The van der Waals surface area contributed by atoms with Crippen molar-refractivity contribution in [1.29, 1.82) is 0 Å². The molecule has 20 heavy (non-hydrogen) atoms. The summed E-state index contributed by atoms with van der Waals surface area (Å²) in [5.41, 5.74) is 3.96. The van der Waals surface area contributed by atoms with Crippen LogP contribution in [-0.2, 0) is 5.41 Å². The van der Waals surface area contributed by atoms with Crippen LogP contribution >= 0.6 is 0 Å². The second-order valence-electron chi connectivity index (χ2n) is 5.98. The van der Waals surface area contributed by atoms with Gasteiger partial charge >= 0.3 is 0 Å². The van der Waals surface area contributed by atoms with Crippen molar-refractivity contribution in [2.24, 2.45) is 0 Å². The number of benzene rings is 2. The fraction of sp³-hybridized carbons (Fsp3) is 0.263. The topological polar surface area (TPSA) is 9.23 Å². The molecule has 2 aromatic rings.